The molecule has 0 aliphatic carbocycles. The number of benzene rings is 1. The molecule has 1 aromatic rings. The van der Waals surface area contributed by atoms with E-state index in [1.807, 2.05) is 12.1 Å². The van der Waals surface area contributed by atoms with Crippen molar-refractivity contribution in [2.45, 2.75) is 26.7 Å². The van der Waals surface area contributed by atoms with E-state index in [9.17, 15) is 4.79 Å². The van der Waals surface area contributed by atoms with E-state index in [1.165, 1.54) is 18.5 Å². The first-order chi connectivity index (χ1) is 8.99. The number of anilines is 2. The molecule has 19 heavy (non-hydrogen) atoms. The first-order valence-electron chi connectivity index (χ1n) is 6.81. The number of aliphatic carboxylic acids is 1. The summed E-state index contributed by atoms with van der Waals surface area (Å²) in [5.74, 6) is -0.784. The third-order valence-electron chi connectivity index (χ3n) is 3.65. The fourth-order valence-corrected chi connectivity index (χ4v) is 2.16. The summed E-state index contributed by atoms with van der Waals surface area (Å²) < 4.78 is 0. The first kappa shape index (κ1) is 13.7. The van der Waals surface area contributed by atoms with Gasteiger partial charge in [-0.05, 0) is 51.0 Å². The van der Waals surface area contributed by atoms with Gasteiger partial charge in [0.25, 0.3) is 0 Å². The average molecular weight is 262 g/mol. The lowest BCUT2D eigenvalue weighted by atomic mass is 9.94. The summed E-state index contributed by atoms with van der Waals surface area (Å²) in [7, 11) is 0. The second-order valence-electron chi connectivity index (χ2n) is 5.78. The van der Waals surface area contributed by atoms with Crippen molar-refractivity contribution in [2.24, 2.45) is 5.41 Å². The average Bonchev–Trinajstić information content (AvgIpc) is 2.91. The molecule has 0 bridgehead atoms. The molecule has 0 saturated carbocycles. The molecule has 0 spiro atoms. The number of hydrogen-bond acceptors (Lipinski definition) is 3. The standard InChI is InChI=1S/C15H22N2O2/c1-15(2,14(18)19)11-16-12-5-7-13(8-6-12)17-9-3-4-10-17/h5-8,16H,3-4,9-11H2,1-2H3,(H,18,19). The van der Waals surface area contributed by atoms with Gasteiger partial charge in [0.2, 0.25) is 0 Å². The van der Waals surface area contributed by atoms with Crippen LogP contribution in [0.2, 0.25) is 0 Å². The molecule has 0 aromatic heterocycles. The Balaban J connectivity index is 1.93. The minimum Gasteiger partial charge on any atom is -0.481 e. The third-order valence-corrected chi connectivity index (χ3v) is 3.65. The highest BCUT2D eigenvalue weighted by Crippen LogP contribution is 2.23. The molecule has 4 heteroatoms. The lowest BCUT2D eigenvalue weighted by Crippen LogP contribution is -2.31. The van der Waals surface area contributed by atoms with Gasteiger partial charge in [0.05, 0.1) is 5.41 Å². The Morgan fingerprint density at radius 3 is 2.37 bits per heavy atom. The van der Waals surface area contributed by atoms with Crippen LogP contribution in [0.4, 0.5) is 11.4 Å². The number of hydrogen-bond donors (Lipinski definition) is 2. The first-order valence-corrected chi connectivity index (χ1v) is 6.81. The zero-order chi connectivity index (χ0) is 13.9. The number of carbonyl (C=O) groups is 1. The van der Waals surface area contributed by atoms with Gasteiger partial charge in [-0.15, -0.1) is 0 Å². The summed E-state index contributed by atoms with van der Waals surface area (Å²) >= 11 is 0. The summed E-state index contributed by atoms with van der Waals surface area (Å²) in [6.45, 7) is 6.14. The summed E-state index contributed by atoms with van der Waals surface area (Å²) in [5, 5.41) is 12.2. The Bertz CT molecular complexity index is 434. The van der Waals surface area contributed by atoms with E-state index in [2.05, 4.69) is 22.3 Å². The number of carboxylic acids is 1. The van der Waals surface area contributed by atoms with E-state index in [0.717, 1.165) is 18.8 Å². The monoisotopic (exact) mass is 262 g/mol. The molecule has 0 amide bonds. The van der Waals surface area contributed by atoms with Crippen LogP contribution in [0.1, 0.15) is 26.7 Å². The van der Waals surface area contributed by atoms with E-state index >= 15 is 0 Å². The lowest BCUT2D eigenvalue weighted by molar-refractivity contribution is -0.146. The predicted octanol–water partition coefficient (Wildman–Crippen LogP) is 2.81. The molecule has 1 heterocycles. The highest BCUT2D eigenvalue weighted by molar-refractivity contribution is 5.74. The molecule has 1 aliphatic heterocycles. The van der Waals surface area contributed by atoms with Gasteiger partial charge >= 0.3 is 5.97 Å². The van der Waals surface area contributed by atoms with Crippen LogP contribution in [-0.2, 0) is 4.79 Å². The Labute approximate surface area is 114 Å². The third kappa shape index (κ3) is 3.40. The summed E-state index contributed by atoms with van der Waals surface area (Å²) in [6, 6.07) is 8.24. The van der Waals surface area contributed by atoms with Gasteiger partial charge in [0.1, 0.15) is 0 Å². The SMILES string of the molecule is CC(C)(CNc1ccc(N2CCCC2)cc1)C(=O)O. The van der Waals surface area contributed by atoms with Crippen LogP contribution in [0.15, 0.2) is 24.3 Å². The maximum Gasteiger partial charge on any atom is 0.310 e. The summed E-state index contributed by atoms with van der Waals surface area (Å²) in [4.78, 5) is 13.4. The quantitative estimate of drug-likeness (QED) is 0.856. The zero-order valence-corrected chi connectivity index (χ0v) is 11.6. The minimum atomic E-state index is -0.784. The molecule has 4 nitrogen and oxygen atoms in total. The van der Waals surface area contributed by atoms with E-state index < -0.39 is 11.4 Å². The summed E-state index contributed by atoms with van der Waals surface area (Å²) in [5.41, 5.74) is 1.46. The Kier molecular flexibility index (Phi) is 3.98. The molecule has 0 radical (unpaired) electrons. The summed E-state index contributed by atoms with van der Waals surface area (Å²) in [6.07, 6.45) is 2.54. The Morgan fingerprint density at radius 1 is 1.26 bits per heavy atom. The molecule has 1 saturated heterocycles. The molecule has 2 rings (SSSR count). The molecule has 0 atom stereocenters. The number of nitrogens with zero attached hydrogens (tertiary/aromatic N) is 1. The van der Waals surface area contributed by atoms with Crippen molar-refractivity contribution in [3.8, 4) is 0 Å². The minimum absolute atomic E-state index is 0.422. The molecular formula is C15H22N2O2. The van der Waals surface area contributed by atoms with E-state index in [4.69, 9.17) is 5.11 Å². The van der Waals surface area contributed by atoms with E-state index in [-0.39, 0.29) is 0 Å². The molecule has 1 aliphatic rings. The van der Waals surface area contributed by atoms with Crippen LogP contribution < -0.4 is 10.2 Å². The van der Waals surface area contributed by atoms with Gasteiger partial charge in [-0.3, -0.25) is 4.79 Å². The van der Waals surface area contributed by atoms with Gasteiger partial charge < -0.3 is 15.3 Å². The van der Waals surface area contributed by atoms with Crippen molar-refractivity contribution in [3.05, 3.63) is 24.3 Å². The van der Waals surface area contributed by atoms with E-state index in [0.29, 0.717) is 6.54 Å². The van der Waals surface area contributed by atoms with Crippen LogP contribution in [0.3, 0.4) is 0 Å². The van der Waals surface area contributed by atoms with Gasteiger partial charge in [0, 0.05) is 31.0 Å². The highest BCUT2D eigenvalue weighted by Gasteiger charge is 2.26. The molecule has 104 valence electrons. The van der Waals surface area contributed by atoms with Gasteiger partial charge in [-0.1, -0.05) is 0 Å². The van der Waals surface area contributed by atoms with Crippen LogP contribution in [0.5, 0.6) is 0 Å². The van der Waals surface area contributed by atoms with Crippen molar-refractivity contribution in [1.82, 2.24) is 0 Å². The smallest absolute Gasteiger partial charge is 0.310 e. The fraction of sp³-hybridized carbons (Fsp3) is 0.533. The topological polar surface area (TPSA) is 52.6 Å². The van der Waals surface area contributed by atoms with Crippen molar-refractivity contribution >= 4 is 17.3 Å². The predicted molar refractivity (Wildman–Crippen MR) is 77.8 cm³/mol. The lowest BCUT2D eigenvalue weighted by Gasteiger charge is -2.21. The molecule has 2 N–H and O–H groups in total. The highest BCUT2D eigenvalue weighted by atomic mass is 16.4. The van der Waals surface area contributed by atoms with Crippen LogP contribution >= 0.6 is 0 Å². The zero-order valence-electron chi connectivity index (χ0n) is 11.6. The normalized spacial score (nSPS) is 15.6. The van der Waals surface area contributed by atoms with Gasteiger partial charge in [-0.2, -0.15) is 0 Å². The number of carboxylic acid groups (broad SMARTS) is 1. The molecular weight excluding hydrogens is 240 g/mol. The number of nitrogens with one attached hydrogen (secondary N) is 1. The van der Waals surface area contributed by atoms with Gasteiger partial charge in [0.15, 0.2) is 0 Å². The van der Waals surface area contributed by atoms with E-state index in [1.54, 1.807) is 13.8 Å². The molecule has 1 fully saturated rings. The molecule has 0 unspecified atom stereocenters. The van der Waals surface area contributed by atoms with Crippen molar-refractivity contribution in [1.29, 1.82) is 0 Å². The second-order valence-corrected chi connectivity index (χ2v) is 5.78. The largest absolute Gasteiger partial charge is 0.481 e. The van der Waals surface area contributed by atoms with Gasteiger partial charge in [-0.25, -0.2) is 0 Å². The maximum absolute atomic E-state index is 11.0. The fourth-order valence-electron chi connectivity index (χ4n) is 2.16. The van der Waals surface area contributed by atoms with Crippen LogP contribution in [-0.4, -0.2) is 30.7 Å². The van der Waals surface area contributed by atoms with Crippen molar-refractivity contribution in [3.63, 3.8) is 0 Å². The Morgan fingerprint density at radius 2 is 1.84 bits per heavy atom. The number of rotatable bonds is 5. The van der Waals surface area contributed by atoms with Crippen LogP contribution in [0.25, 0.3) is 0 Å². The molecule has 1 aromatic carbocycles. The Hall–Kier alpha value is -1.71. The van der Waals surface area contributed by atoms with Crippen LogP contribution in [0, 0.1) is 5.41 Å². The van der Waals surface area contributed by atoms with Crippen molar-refractivity contribution < 1.29 is 9.90 Å². The maximum atomic E-state index is 11.0. The second kappa shape index (κ2) is 5.51. The van der Waals surface area contributed by atoms with Crippen molar-refractivity contribution in [2.75, 3.05) is 29.9 Å².